The van der Waals surface area contributed by atoms with Gasteiger partial charge >= 0.3 is 0 Å². The van der Waals surface area contributed by atoms with Gasteiger partial charge in [-0.05, 0) is 55.4 Å². The summed E-state index contributed by atoms with van der Waals surface area (Å²) >= 11 is 0. The molecule has 5 heteroatoms. The Balaban J connectivity index is 1.93. The number of amides is 1. The van der Waals surface area contributed by atoms with Crippen molar-refractivity contribution in [1.29, 1.82) is 5.26 Å². The number of carbonyl (C=O) groups excluding carboxylic acids is 1. The number of rotatable bonds is 9. The van der Waals surface area contributed by atoms with Gasteiger partial charge in [-0.2, -0.15) is 5.26 Å². The third kappa shape index (κ3) is 6.12. The predicted octanol–water partition coefficient (Wildman–Crippen LogP) is 3.48. The number of nitrogens with zero attached hydrogens (tertiary/aromatic N) is 2. The number of hydrogen-bond acceptors (Lipinski definition) is 4. The molecule has 1 unspecified atom stereocenters. The first-order chi connectivity index (χ1) is 13.1. The minimum absolute atomic E-state index is 0.169. The van der Waals surface area contributed by atoms with Crippen molar-refractivity contribution in [2.75, 3.05) is 13.1 Å². The van der Waals surface area contributed by atoms with E-state index >= 15 is 0 Å². The normalized spacial score (nSPS) is 11.7. The summed E-state index contributed by atoms with van der Waals surface area (Å²) < 4.78 is 5.66. The standard InChI is InChI=1S/C22H27N3O2/c1-4-25(5-2)16-20-9-7-6-8-19(20)15-24-22(26)17(3)27-21-12-10-18(14-23)11-13-21/h6-13,17H,4-5,15-16H2,1-3H3,(H,24,26). The van der Waals surface area contributed by atoms with Crippen LogP contribution in [0.15, 0.2) is 48.5 Å². The highest BCUT2D eigenvalue weighted by Crippen LogP contribution is 2.14. The molecule has 142 valence electrons. The van der Waals surface area contributed by atoms with Crippen LogP contribution in [0.4, 0.5) is 0 Å². The van der Waals surface area contributed by atoms with Crippen molar-refractivity contribution < 1.29 is 9.53 Å². The molecule has 0 radical (unpaired) electrons. The second-order valence-corrected chi connectivity index (χ2v) is 6.34. The SMILES string of the molecule is CCN(CC)Cc1ccccc1CNC(=O)C(C)Oc1ccc(C#N)cc1. The molecular weight excluding hydrogens is 338 g/mol. The van der Waals surface area contributed by atoms with Crippen LogP contribution in [0.1, 0.15) is 37.5 Å². The maximum Gasteiger partial charge on any atom is 0.261 e. The number of hydrogen-bond donors (Lipinski definition) is 1. The summed E-state index contributed by atoms with van der Waals surface area (Å²) in [6.45, 7) is 9.34. The lowest BCUT2D eigenvalue weighted by molar-refractivity contribution is -0.127. The average molecular weight is 365 g/mol. The third-order valence-electron chi connectivity index (χ3n) is 4.53. The molecule has 2 aromatic rings. The molecule has 2 rings (SSSR count). The number of benzene rings is 2. The van der Waals surface area contributed by atoms with Crippen molar-refractivity contribution >= 4 is 5.91 Å². The first kappa shape index (κ1) is 20.5. The molecule has 0 aliphatic carbocycles. The molecule has 27 heavy (non-hydrogen) atoms. The van der Waals surface area contributed by atoms with Crippen LogP contribution < -0.4 is 10.1 Å². The van der Waals surface area contributed by atoms with Crippen LogP contribution in [0.5, 0.6) is 5.75 Å². The van der Waals surface area contributed by atoms with Gasteiger partial charge in [0.15, 0.2) is 6.10 Å². The molecule has 0 saturated carbocycles. The van der Waals surface area contributed by atoms with Crippen LogP contribution >= 0.6 is 0 Å². The maximum absolute atomic E-state index is 12.4. The van der Waals surface area contributed by atoms with E-state index in [-0.39, 0.29) is 5.91 Å². The summed E-state index contributed by atoms with van der Waals surface area (Å²) in [6, 6.07) is 17.0. The van der Waals surface area contributed by atoms with Crippen molar-refractivity contribution in [2.45, 2.75) is 40.0 Å². The minimum Gasteiger partial charge on any atom is -0.481 e. The van der Waals surface area contributed by atoms with E-state index in [1.807, 2.05) is 18.2 Å². The Labute approximate surface area is 161 Å². The van der Waals surface area contributed by atoms with Gasteiger partial charge in [-0.15, -0.1) is 0 Å². The zero-order chi connectivity index (χ0) is 19.6. The highest BCUT2D eigenvalue weighted by Gasteiger charge is 2.15. The topological polar surface area (TPSA) is 65.4 Å². The predicted molar refractivity (Wildman–Crippen MR) is 106 cm³/mol. The van der Waals surface area contributed by atoms with E-state index in [1.54, 1.807) is 31.2 Å². The summed E-state index contributed by atoms with van der Waals surface area (Å²) in [4.78, 5) is 14.7. The quantitative estimate of drug-likeness (QED) is 0.739. The third-order valence-corrected chi connectivity index (χ3v) is 4.53. The first-order valence-corrected chi connectivity index (χ1v) is 9.31. The van der Waals surface area contributed by atoms with Crippen molar-refractivity contribution in [3.8, 4) is 11.8 Å². The van der Waals surface area contributed by atoms with Crippen LogP contribution in [0.3, 0.4) is 0 Å². The fraction of sp³-hybridized carbons (Fsp3) is 0.364. The highest BCUT2D eigenvalue weighted by molar-refractivity contribution is 5.80. The minimum atomic E-state index is -0.618. The zero-order valence-corrected chi connectivity index (χ0v) is 16.2. The Morgan fingerprint density at radius 2 is 1.74 bits per heavy atom. The molecule has 1 atom stereocenters. The Hall–Kier alpha value is -2.84. The van der Waals surface area contributed by atoms with Crippen LogP contribution in [-0.4, -0.2) is 30.0 Å². The van der Waals surface area contributed by atoms with Gasteiger partial charge in [-0.3, -0.25) is 9.69 Å². The van der Waals surface area contributed by atoms with Crippen LogP contribution in [0, 0.1) is 11.3 Å². The Bertz CT molecular complexity index is 777. The van der Waals surface area contributed by atoms with E-state index in [0.717, 1.165) is 25.2 Å². The smallest absolute Gasteiger partial charge is 0.261 e. The monoisotopic (exact) mass is 365 g/mol. The molecule has 0 spiro atoms. The molecule has 0 saturated heterocycles. The highest BCUT2D eigenvalue weighted by atomic mass is 16.5. The lowest BCUT2D eigenvalue weighted by atomic mass is 10.1. The maximum atomic E-state index is 12.4. The largest absolute Gasteiger partial charge is 0.481 e. The van der Waals surface area contributed by atoms with Crippen molar-refractivity contribution in [3.63, 3.8) is 0 Å². The second kappa shape index (κ2) is 10.3. The molecule has 0 aliphatic rings. The average Bonchev–Trinajstić information content (AvgIpc) is 2.71. The Morgan fingerprint density at radius 1 is 1.11 bits per heavy atom. The van der Waals surface area contributed by atoms with Crippen molar-refractivity contribution in [3.05, 3.63) is 65.2 Å². The van der Waals surface area contributed by atoms with E-state index in [9.17, 15) is 4.79 Å². The van der Waals surface area contributed by atoms with E-state index in [2.05, 4.69) is 36.2 Å². The molecule has 0 fully saturated rings. The number of carbonyl (C=O) groups is 1. The van der Waals surface area contributed by atoms with E-state index in [1.165, 1.54) is 5.56 Å². The summed E-state index contributed by atoms with van der Waals surface area (Å²) in [5.74, 6) is 0.399. The summed E-state index contributed by atoms with van der Waals surface area (Å²) in [5, 5.41) is 11.8. The van der Waals surface area contributed by atoms with E-state index in [0.29, 0.717) is 17.9 Å². The molecule has 0 heterocycles. The fourth-order valence-electron chi connectivity index (χ4n) is 2.76. The van der Waals surface area contributed by atoms with Gasteiger partial charge in [0.1, 0.15) is 5.75 Å². The molecule has 0 aliphatic heterocycles. The Morgan fingerprint density at radius 3 is 2.33 bits per heavy atom. The lowest BCUT2D eigenvalue weighted by Gasteiger charge is -2.21. The number of nitriles is 1. The van der Waals surface area contributed by atoms with Crippen molar-refractivity contribution in [2.24, 2.45) is 0 Å². The molecule has 1 amide bonds. The van der Waals surface area contributed by atoms with Gasteiger partial charge in [-0.1, -0.05) is 38.1 Å². The number of ether oxygens (including phenoxy) is 1. The molecule has 0 bridgehead atoms. The lowest BCUT2D eigenvalue weighted by Crippen LogP contribution is -2.36. The Kier molecular flexibility index (Phi) is 7.84. The molecule has 0 aromatic heterocycles. The number of nitrogens with one attached hydrogen (secondary N) is 1. The van der Waals surface area contributed by atoms with Crippen LogP contribution in [-0.2, 0) is 17.9 Å². The van der Waals surface area contributed by atoms with Gasteiger partial charge in [0.05, 0.1) is 11.6 Å². The van der Waals surface area contributed by atoms with Crippen molar-refractivity contribution in [1.82, 2.24) is 10.2 Å². The van der Waals surface area contributed by atoms with E-state index < -0.39 is 6.10 Å². The van der Waals surface area contributed by atoms with Gasteiger partial charge < -0.3 is 10.1 Å². The summed E-state index contributed by atoms with van der Waals surface area (Å²) in [6.07, 6.45) is -0.618. The molecule has 2 aromatic carbocycles. The van der Waals surface area contributed by atoms with Gasteiger partial charge in [0.2, 0.25) is 0 Å². The summed E-state index contributed by atoms with van der Waals surface area (Å²) in [7, 11) is 0. The van der Waals surface area contributed by atoms with Crippen LogP contribution in [0.2, 0.25) is 0 Å². The zero-order valence-electron chi connectivity index (χ0n) is 16.2. The van der Waals surface area contributed by atoms with Crippen LogP contribution in [0.25, 0.3) is 0 Å². The second-order valence-electron chi connectivity index (χ2n) is 6.34. The van der Waals surface area contributed by atoms with Gasteiger partial charge in [0, 0.05) is 13.1 Å². The molecule has 5 nitrogen and oxygen atoms in total. The molecular formula is C22H27N3O2. The fourth-order valence-corrected chi connectivity index (χ4v) is 2.76. The van der Waals surface area contributed by atoms with Gasteiger partial charge in [0.25, 0.3) is 5.91 Å². The summed E-state index contributed by atoms with van der Waals surface area (Å²) in [5.41, 5.74) is 2.90. The molecule has 1 N–H and O–H groups in total. The van der Waals surface area contributed by atoms with E-state index in [4.69, 9.17) is 10.00 Å². The first-order valence-electron chi connectivity index (χ1n) is 9.31. The van der Waals surface area contributed by atoms with Gasteiger partial charge in [-0.25, -0.2) is 0 Å².